The SMILES string of the molecule is O=C(CC1=C(c2ccccc2)CCC1=O)N[C@@H]1CCCN(c2ncccn2)C1. The van der Waals surface area contributed by atoms with Gasteiger partial charge in [0, 0.05) is 43.5 Å². The summed E-state index contributed by atoms with van der Waals surface area (Å²) in [5.74, 6) is 0.706. The number of carbonyl (C=O) groups excluding carboxylic acids is 2. The standard InChI is InChI=1S/C22H24N4O2/c27-20-10-9-18(16-6-2-1-3-7-16)19(20)14-21(28)25-17-8-4-13-26(15-17)22-23-11-5-12-24-22/h1-3,5-7,11-12,17H,4,8-10,13-15H2,(H,25,28)/t17-/m1/s1. The fourth-order valence-corrected chi connectivity index (χ4v) is 4.04. The number of nitrogens with one attached hydrogen (secondary N) is 1. The summed E-state index contributed by atoms with van der Waals surface area (Å²) >= 11 is 0. The zero-order valence-corrected chi connectivity index (χ0v) is 15.8. The van der Waals surface area contributed by atoms with Crippen molar-refractivity contribution in [1.82, 2.24) is 15.3 Å². The van der Waals surface area contributed by atoms with Crippen molar-refractivity contribution in [3.63, 3.8) is 0 Å². The normalized spacial score (nSPS) is 19.8. The van der Waals surface area contributed by atoms with Crippen LogP contribution in [-0.4, -0.2) is 40.8 Å². The Bertz CT molecular complexity index is 880. The molecule has 0 bridgehead atoms. The lowest BCUT2D eigenvalue weighted by Gasteiger charge is -2.33. The van der Waals surface area contributed by atoms with E-state index in [0.717, 1.165) is 30.5 Å². The number of piperidine rings is 1. The van der Waals surface area contributed by atoms with Crippen LogP contribution < -0.4 is 10.2 Å². The maximum absolute atomic E-state index is 12.7. The van der Waals surface area contributed by atoms with E-state index < -0.39 is 0 Å². The van der Waals surface area contributed by atoms with Gasteiger partial charge in [0.05, 0.1) is 6.42 Å². The molecule has 1 saturated heterocycles. The molecule has 2 aliphatic rings. The molecule has 1 aliphatic carbocycles. The first kappa shape index (κ1) is 18.3. The Kier molecular flexibility index (Phi) is 5.46. The summed E-state index contributed by atoms with van der Waals surface area (Å²) in [7, 11) is 0. The minimum Gasteiger partial charge on any atom is -0.351 e. The number of Topliss-reactive ketones (excluding diaryl/α,β-unsaturated/α-hetero) is 1. The second-order valence-electron chi connectivity index (χ2n) is 7.32. The van der Waals surface area contributed by atoms with Gasteiger partial charge in [-0.25, -0.2) is 9.97 Å². The molecule has 1 atom stereocenters. The molecule has 6 heteroatoms. The number of anilines is 1. The Hall–Kier alpha value is -3.02. The fraction of sp³-hybridized carbons (Fsp3) is 0.364. The molecule has 0 spiro atoms. The van der Waals surface area contributed by atoms with E-state index in [1.54, 1.807) is 18.5 Å². The van der Waals surface area contributed by atoms with E-state index in [1.807, 2.05) is 30.3 Å². The van der Waals surface area contributed by atoms with Gasteiger partial charge in [0.25, 0.3) is 0 Å². The van der Waals surface area contributed by atoms with Gasteiger partial charge in [-0.1, -0.05) is 30.3 Å². The Morgan fingerprint density at radius 1 is 1.11 bits per heavy atom. The molecule has 28 heavy (non-hydrogen) atoms. The summed E-state index contributed by atoms with van der Waals surface area (Å²) in [4.78, 5) is 35.8. The van der Waals surface area contributed by atoms with Crippen LogP contribution in [0.4, 0.5) is 5.95 Å². The number of ketones is 1. The lowest BCUT2D eigenvalue weighted by atomic mass is 9.99. The number of rotatable bonds is 5. The maximum Gasteiger partial charge on any atom is 0.225 e. The van der Waals surface area contributed by atoms with Gasteiger partial charge in [-0.3, -0.25) is 9.59 Å². The van der Waals surface area contributed by atoms with Crippen LogP contribution in [0.2, 0.25) is 0 Å². The third-order valence-electron chi connectivity index (χ3n) is 5.38. The van der Waals surface area contributed by atoms with Crippen LogP contribution in [0.15, 0.2) is 54.4 Å². The summed E-state index contributed by atoms with van der Waals surface area (Å²) in [6.45, 7) is 1.58. The van der Waals surface area contributed by atoms with Gasteiger partial charge in [-0.15, -0.1) is 0 Å². The second kappa shape index (κ2) is 8.33. The van der Waals surface area contributed by atoms with Gasteiger partial charge in [0.2, 0.25) is 11.9 Å². The zero-order valence-electron chi connectivity index (χ0n) is 15.8. The molecule has 6 nitrogen and oxygen atoms in total. The first-order valence-electron chi connectivity index (χ1n) is 9.82. The number of hydrogen-bond acceptors (Lipinski definition) is 5. The molecule has 0 unspecified atom stereocenters. The highest BCUT2D eigenvalue weighted by Gasteiger charge is 2.28. The Morgan fingerprint density at radius 3 is 2.68 bits per heavy atom. The van der Waals surface area contributed by atoms with Gasteiger partial charge >= 0.3 is 0 Å². The first-order valence-corrected chi connectivity index (χ1v) is 9.82. The van der Waals surface area contributed by atoms with Crippen LogP contribution in [0, 0.1) is 0 Å². The van der Waals surface area contributed by atoms with Crippen LogP contribution in [-0.2, 0) is 9.59 Å². The second-order valence-corrected chi connectivity index (χ2v) is 7.32. The van der Waals surface area contributed by atoms with E-state index in [1.165, 1.54) is 0 Å². The number of hydrogen-bond donors (Lipinski definition) is 1. The number of amides is 1. The average Bonchev–Trinajstić information content (AvgIpc) is 3.09. The highest BCUT2D eigenvalue weighted by Crippen LogP contribution is 2.33. The van der Waals surface area contributed by atoms with Crippen molar-refractivity contribution in [2.24, 2.45) is 0 Å². The van der Waals surface area contributed by atoms with Crippen LogP contribution in [0.3, 0.4) is 0 Å². The van der Waals surface area contributed by atoms with E-state index in [2.05, 4.69) is 20.2 Å². The van der Waals surface area contributed by atoms with Gasteiger partial charge in [0.15, 0.2) is 5.78 Å². The minimum atomic E-state index is -0.0838. The van der Waals surface area contributed by atoms with Gasteiger partial charge in [-0.2, -0.15) is 0 Å². The highest BCUT2D eigenvalue weighted by atomic mass is 16.2. The topological polar surface area (TPSA) is 75.2 Å². The van der Waals surface area contributed by atoms with Crippen molar-refractivity contribution in [3.05, 3.63) is 59.9 Å². The molecule has 1 aromatic heterocycles. The molecule has 1 amide bonds. The molecular formula is C22H24N4O2. The Morgan fingerprint density at radius 2 is 1.89 bits per heavy atom. The van der Waals surface area contributed by atoms with Crippen molar-refractivity contribution in [1.29, 1.82) is 0 Å². The fourth-order valence-electron chi connectivity index (χ4n) is 4.04. The summed E-state index contributed by atoms with van der Waals surface area (Å²) < 4.78 is 0. The van der Waals surface area contributed by atoms with Crippen molar-refractivity contribution in [3.8, 4) is 0 Å². The smallest absolute Gasteiger partial charge is 0.225 e. The van der Waals surface area contributed by atoms with Crippen molar-refractivity contribution in [2.75, 3.05) is 18.0 Å². The van der Waals surface area contributed by atoms with E-state index in [-0.39, 0.29) is 24.2 Å². The molecule has 144 valence electrons. The van der Waals surface area contributed by atoms with Crippen molar-refractivity contribution < 1.29 is 9.59 Å². The molecule has 1 N–H and O–H groups in total. The summed E-state index contributed by atoms with van der Waals surface area (Å²) in [6.07, 6.45) is 6.72. The lowest BCUT2D eigenvalue weighted by Crippen LogP contribution is -2.48. The van der Waals surface area contributed by atoms with Gasteiger partial charge < -0.3 is 10.2 Å². The summed E-state index contributed by atoms with van der Waals surface area (Å²) in [5.41, 5.74) is 2.73. The van der Waals surface area contributed by atoms with E-state index in [9.17, 15) is 9.59 Å². The number of carbonyl (C=O) groups is 2. The number of benzene rings is 1. The molecule has 0 radical (unpaired) electrons. The van der Waals surface area contributed by atoms with E-state index in [0.29, 0.717) is 30.9 Å². The van der Waals surface area contributed by atoms with E-state index >= 15 is 0 Å². The van der Waals surface area contributed by atoms with Crippen LogP contribution in [0.1, 0.15) is 37.7 Å². The summed E-state index contributed by atoms with van der Waals surface area (Å²) in [6, 6.07) is 11.7. The van der Waals surface area contributed by atoms with Gasteiger partial charge in [-0.05, 0) is 36.5 Å². The largest absolute Gasteiger partial charge is 0.351 e. The van der Waals surface area contributed by atoms with Crippen LogP contribution in [0.5, 0.6) is 0 Å². The number of aromatic nitrogens is 2. The monoisotopic (exact) mass is 376 g/mol. The minimum absolute atomic E-state index is 0.0438. The Balaban J connectivity index is 1.41. The molecule has 1 aliphatic heterocycles. The predicted octanol–water partition coefficient (Wildman–Crippen LogP) is 2.77. The highest BCUT2D eigenvalue weighted by molar-refractivity contribution is 6.10. The number of allylic oxidation sites excluding steroid dienone is 1. The molecule has 2 aromatic rings. The third kappa shape index (κ3) is 4.11. The van der Waals surface area contributed by atoms with Crippen LogP contribution in [0.25, 0.3) is 5.57 Å². The quantitative estimate of drug-likeness (QED) is 0.868. The van der Waals surface area contributed by atoms with Gasteiger partial charge in [0.1, 0.15) is 0 Å². The molecule has 1 fully saturated rings. The zero-order chi connectivity index (χ0) is 19.3. The molecule has 2 heterocycles. The van der Waals surface area contributed by atoms with Crippen LogP contribution >= 0.6 is 0 Å². The van der Waals surface area contributed by atoms with Crippen molar-refractivity contribution >= 4 is 23.2 Å². The van der Waals surface area contributed by atoms with E-state index in [4.69, 9.17) is 0 Å². The average molecular weight is 376 g/mol. The van der Waals surface area contributed by atoms with Crippen molar-refractivity contribution in [2.45, 2.75) is 38.1 Å². The molecule has 0 saturated carbocycles. The Labute approximate surface area is 164 Å². The molecule has 4 rings (SSSR count). The lowest BCUT2D eigenvalue weighted by molar-refractivity contribution is -0.123. The number of nitrogens with zero attached hydrogens (tertiary/aromatic N) is 3. The molecular weight excluding hydrogens is 352 g/mol. The third-order valence-corrected chi connectivity index (χ3v) is 5.38. The maximum atomic E-state index is 12.7. The predicted molar refractivity (Wildman–Crippen MR) is 108 cm³/mol. The summed E-state index contributed by atoms with van der Waals surface area (Å²) in [5, 5.41) is 3.12. The molecule has 1 aromatic carbocycles. The first-order chi connectivity index (χ1) is 13.7.